The van der Waals surface area contributed by atoms with Crippen molar-refractivity contribution >= 4 is 10.0 Å². The molecule has 0 bridgehead atoms. The van der Waals surface area contributed by atoms with E-state index in [0.29, 0.717) is 0 Å². The number of sulfonamides is 1. The van der Waals surface area contributed by atoms with Crippen LogP contribution in [-0.2, 0) is 10.0 Å². The molecule has 1 rings (SSSR count). The maximum Gasteiger partial charge on any atom is 0.251 e. The summed E-state index contributed by atoms with van der Waals surface area (Å²) < 4.78 is 50.2. The van der Waals surface area contributed by atoms with Crippen LogP contribution < -0.4 is 4.72 Å². The van der Waals surface area contributed by atoms with Crippen molar-refractivity contribution in [3.05, 3.63) is 0 Å². The quantitative estimate of drug-likeness (QED) is 0.818. The van der Waals surface area contributed by atoms with Crippen molar-refractivity contribution < 1.29 is 17.2 Å². The molecule has 0 atom stereocenters. The second kappa shape index (κ2) is 3.66. The van der Waals surface area contributed by atoms with E-state index in [1.54, 1.807) is 20.8 Å². The highest BCUT2D eigenvalue weighted by Gasteiger charge is 2.46. The van der Waals surface area contributed by atoms with Crippen LogP contribution in [0.2, 0.25) is 0 Å². The Hall–Kier alpha value is -0.230. The molecule has 1 fully saturated rings. The molecule has 0 spiro atoms. The molecule has 0 aromatic heterocycles. The van der Waals surface area contributed by atoms with E-state index < -0.39 is 22.0 Å². The van der Waals surface area contributed by atoms with Crippen molar-refractivity contribution in [1.82, 2.24) is 4.72 Å². The van der Waals surface area contributed by atoms with Crippen LogP contribution in [0.4, 0.5) is 8.78 Å². The third-order valence-corrected chi connectivity index (χ3v) is 4.00. The van der Waals surface area contributed by atoms with Gasteiger partial charge in [0.1, 0.15) is 0 Å². The Bertz CT molecular complexity index is 325. The average Bonchev–Trinajstić information content (AvgIpc) is 1.73. The van der Waals surface area contributed by atoms with Crippen molar-refractivity contribution in [2.24, 2.45) is 5.41 Å². The Balaban J connectivity index is 2.46. The minimum atomic E-state index is -3.43. The number of nitrogens with one attached hydrogen (secondary N) is 1. The number of rotatable bonds is 3. The summed E-state index contributed by atoms with van der Waals surface area (Å²) in [6.45, 7) is 5.38. The second-order valence-corrected chi connectivity index (χ2v) is 7.15. The average molecular weight is 241 g/mol. The van der Waals surface area contributed by atoms with Gasteiger partial charge in [-0.15, -0.1) is 0 Å². The fourth-order valence-corrected chi connectivity index (χ4v) is 3.51. The van der Waals surface area contributed by atoms with Gasteiger partial charge < -0.3 is 0 Å². The van der Waals surface area contributed by atoms with Crippen molar-refractivity contribution in [1.29, 1.82) is 0 Å². The molecule has 0 saturated heterocycles. The zero-order valence-electron chi connectivity index (χ0n) is 9.18. The highest BCUT2D eigenvalue weighted by molar-refractivity contribution is 7.89. The van der Waals surface area contributed by atoms with Gasteiger partial charge in [-0.1, -0.05) is 20.8 Å². The summed E-state index contributed by atoms with van der Waals surface area (Å²) in [5.74, 6) is -2.73. The minimum absolute atomic E-state index is 0.0396. The molecule has 1 aliphatic rings. The normalized spacial score (nSPS) is 22.5. The minimum Gasteiger partial charge on any atom is -0.212 e. The Morgan fingerprint density at radius 2 is 1.80 bits per heavy atom. The van der Waals surface area contributed by atoms with Gasteiger partial charge in [0, 0.05) is 18.9 Å². The van der Waals surface area contributed by atoms with Crippen molar-refractivity contribution in [2.45, 2.75) is 45.6 Å². The molecular formula is C9H17F2NO2S. The number of hydrogen-bond acceptors (Lipinski definition) is 2. The van der Waals surface area contributed by atoms with E-state index in [-0.39, 0.29) is 24.0 Å². The molecule has 3 nitrogen and oxygen atoms in total. The predicted molar refractivity (Wildman–Crippen MR) is 54.3 cm³/mol. The molecule has 6 heteroatoms. The lowest BCUT2D eigenvalue weighted by molar-refractivity contribution is -0.0876. The summed E-state index contributed by atoms with van der Waals surface area (Å²) in [5, 5.41) is 0. The van der Waals surface area contributed by atoms with Crippen LogP contribution in [0.15, 0.2) is 0 Å². The first-order valence-electron chi connectivity index (χ1n) is 4.87. The van der Waals surface area contributed by atoms with Crippen molar-refractivity contribution in [2.75, 3.05) is 5.75 Å². The number of hydrogen-bond donors (Lipinski definition) is 1. The summed E-state index contributed by atoms with van der Waals surface area (Å²) >= 11 is 0. The Labute approximate surface area is 89.3 Å². The van der Waals surface area contributed by atoms with Crippen LogP contribution in [0.25, 0.3) is 0 Å². The maximum atomic E-state index is 12.5. The van der Waals surface area contributed by atoms with Gasteiger partial charge in [-0.25, -0.2) is 21.9 Å². The lowest BCUT2D eigenvalue weighted by Crippen LogP contribution is -2.51. The van der Waals surface area contributed by atoms with Crippen molar-refractivity contribution in [3.8, 4) is 0 Å². The lowest BCUT2D eigenvalue weighted by Gasteiger charge is -2.35. The SMILES string of the molecule is CC(C)(C)CS(=O)(=O)NC1CC(F)(F)C1. The number of alkyl halides is 2. The topological polar surface area (TPSA) is 46.2 Å². The summed E-state index contributed by atoms with van der Waals surface area (Å²) in [5.41, 5.74) is -0.363. The van der Waals surface area contributed by atoms with Crippen LogP contribution in [0.1, 0.15) is 33.6 Å². The summed E-state index contributed by atoms with van der Waals surface area (Å²) in [4.78, 5) is 0. The molecule has 1 saturated carbocycles. The predicted octanol–water partition coefficient (Wildman–Crippen LogP) is 1.75. The van der Waals surface area contributed by atoms with Crippen LogP contribution in [0, 0.1) is 5.41 Å². The largest absolute Gasteiger partial charge is 0.251 e. The molecule has 0 heterocycles. The van der Waals surface area contributed by atoms with Gasteiger partial charge in [0.2, 0.25) is 10.0 Å². The number of halogens is 2. The van der Waals surface area contributed by atoms with E-state index in [0.717, 1.165) is 0 Å². The molecule has 15 heavy (non-hydrogen) atoms. The van der Waals surface area contributed by atoms with Crippen LogP contribution in [0.3, 0.4) is 0 Å². The zero-order chi connectivity index (χ0) is 11.9. The Morgan fingerprint density at radius 1 is 1.33 bits per heavy atom. The molecule has 90 valence electrons. The van der Waals surface area contributed by atoms with Gasteiger partial charge in [-0.2, -0.15) is 0 Å². The van der Waals surface area contributed by atoms with Gasteiger partial charge in [-0.05, 0) is 5.41 Å². The molecule has 1 aliphatic carbocycles. The van der Waals surface area contributed by atoms with Crippen LogP contribution in [-0.4, -0.2) is 26.1 Å². The van der Waals surface area contributed by atoms with Gasteiger partial charge in [-0.3, -0.25) is 0 Å². The van der Waals surface area contributed by atoms with E-state index >= 15 is 0 Å². The van der Waals surface area contributed by atoms with Crippen LogP contribution in [0.5, 0.6) is 0 Å². The second-order valence-electron chi connectivity index (χ2n) is 5.40. The molecule has 0 aliphatic heterocycles. The molecular weight excluding hydrogens is 224 g/mol. The first-order chi connectivity index (χ1) is 6.49. The summed E-state index contributed by atoms with van der Waals surface area (Å²) in [6.07, 6.45) is -0.757. The first-order valence-corrected chi connectivity index (χ1v) is 6.52. The third kappa shape index (κ3) is 4.42. The standard InChI is InChI=1S/C9H17F2NO2S/c1-8(2,3)6-15(13,14)12-7-4-9(10,11)5-7/h7,12H,4-6H2,1-3H3. The highest BCUT2D eigenvalue weighted by atomic mass is 32.2. The maximum absolute atomic E-state index is 12.5. The molecule has 0 aromatic rings. The van der Waals surface area contributed by atoms with E-state index in [1.165, 1.54) is 0 Å². The molecule has 0 radical (unpaired) electrons. The zero-order valence-corrected chi connectivity index (χ0v) is 10.00. The molecule has 1 N–H and O–H groups in total. The monoisotopic (exact) mass is 241 g/mol. The Kier molecular flexibility index (Phi) is 3.13. The lowest BCUT2D eigenvalue weighted by atomic mass is 9.89. The van der Waals surface area contributed by atoms with Crippen LogP contribution >= 0.6 is 0 Å². The van der Waals surface area contributed by atoms with E-state index in [4.69, 9.17) is 0 Å². The first kappa shape index (κ1) is 12.8. The molecule has 0 aromatic carbocycles. The third-order valence-electron chi connectivity index (χ3n) is 2.06. The van der Waals surface area contributed by atoms with E-state index in [1.807, 2.05) is 0 Å². The van der Waals surface area contributed by atoms with E-state index in [2.05, 4.69) is 4.72 Å². The van der Waals surface area contributed by atoms with Gasteiger partial charge in [0.25, 0.3) is 5.92 Å². The van der Waals surface area contributed by atoms with Gasteiger partial charge in [0.15, 0.2) is 0 Å². The van der Waals surface area contributed by atoms with E-state index in [9.17, 15) is 17.2 Å². The molecule has 0 unspecified atom stereocenters. The molecule has 0 amide bonds. The summed E-state index contributed by atoms with van der Waals surface area (Å²) in [7, 11) is -3.43. The summed E-state index contributed by atoms with van der Waals surface area (Å²) in [6, 6.07) is -0.590. The smallest absolute Gasteiger partial charge is 0.212 e. The van der Waals surface area contributed by atoms with Gasteiger partial charge >= 0.3 is 0 Å². The Morgan fingerprint density at radius 3 is 2.13 bits per heavy atom. The fourth-order valence-electron chi connectivity index (χ4n) is 1.61. The highest BCUT2D eigenvalue weighted by Crippen LogP contribution is 2.37. The van der Waals surface area contributed by atoms with Gasteiger partial charge in [0.05, 0.1) is 5.75 Å². The van der Waals surface area contributed by atoms with Crippen molar-refractivity contribution in [3.63, 3.8) is 0 Å². The fraction of sp³-hybridized carbons (Fsp3) is 1.00.